The number of nitrogens with one attached hydrogen (secondary N) is 1. The molecular weight excluding hydrogens is 218 g/mol. The predicted molar refractivity (Wildman–Crippen MR) is 63.5 cm³/mol. The van der Waals surface area contributed by atoms with Crippen LogP contribution in [0.5, 0.6) is 0 Å². The Balaban J connectivity index is 1.65. The summed E-state index contributed by atoms with van der Waals surface area (Å²) in [5.41, 5.74) is 0.620. The van der Waals surface area contributed by atoms with Crippen LogP contribution in [0.3, 0.4) is 0 Å². The van der Waals surface area contributed by atoms with Gasteiger partial charge in [-0.05, 0) is 30.8 Å². The second kappa shape index (κ2) is 5.80. The maximum absolute atomic E-state index is 11.6. The smallest absolute Gasteiger partial charge is 0.225 e. The largest absolute Gasteiger partial charge is 0.306 e. The fourth-order valence-corrected chi connectivity index (χ4v) is 2.39. The summed E-state index contributed by atoms with van der Waals surface area (Å²) in [6.07, 6.45) is 8.09. The molecule has 0 aromatic carbocycles. The summed E-state index contributed by atoms with van der Waals surface area (Å²) in [4.78, 5) is 11.6. The Morgan fingerprint density at radius 3 is 2.82 bits per heavy atom. The fraction of sp³-hybridized carbons (Fsp3) is 0.750. The highest BCUT2D eigenvalue weighted by Crippen LogP contribution is 2.28. The molecule has 0 unspecified atom stereocenters. The molecule has 1 aliphatic rings. The van der Waals surface area contributed by atoms with Gasteiger partial charge in [0.05, 0.1) is 0 Å². The van der Waals surface area contributed by atoms with E-state index in [9.17, 15) is 4.79 Å². The number of rotatable bonds is 5. The van der Waals surface area contributed by atoms with Crippen LogP contribution in [0.2, 0.25) is 0 Å². The van der Waals surface area contributed by atoms with E-state index in [1.807, 2.05) is 0 Å². The first kappa shape index (κ1) is 12.1. The van der Waals surface area contributed by atoms with E-state index < -0.39 is 0 Å². The molecule has 1 aromatic rings. The number of hydrogen-bond acceptors (Lipinski definition) is 4. The lowest BCUT2D eigenvalue weighted by Gasteiger charge is -2.07. The predicted octanol–water partition coefficient (Wildman–Crippen LogP) is 2.68. The van der Waals surface area contributed by atoms with Crippen molar-refractivity contribution in [3.05, 3.63) is 5.69 Å². The molecule has 1 N–H and O–H groups in total. The molecular formula is C12H19N3O2. The molecule has 1 fully saturated rings. The van der Waals surface area contributed by atoms with Gasteiger partial charge in [0.25, 0.3) is 0 Å². The van der Waals surface area contributed by atoms with Crippen molar-refractivity contribution < 1.29 is 9.42 Å². The molecule has 1 heterocycles. The fourth-order valence-electron chi connectivity index (χ4n) is 2.39. The van der Waals surface area contributed by atoms with Gasteiger partial charge >= 0.3 is 0 Å². The van der Waals surface area contributed by atoms with Gasteiger partial charge in [-0.25, -0.2) is 4.63 Å². The molecule has 5 heteroatoms. The Kier molecular flexibility index (Phi) is 4.12. The third kappa shape index (κ3) is 3.54. The third-order valence-electron chi connectivity index (χ3n) is 3.40. The molecule has 0 spiro atoms. The number of aryl methyl sites for hydroxylation is 1. The monoisotopic (exact) mass is 237 g/mol. The van der Waals surface area contributed by atoms with Crippen LogP contribution >= 0.6 is 0 Å². The van der Waals surface area contributed by atoms with E-state index in [-0.39, 0.29) is 5.91 Å². The minimum Gasteiger partial charge on any atom is -0.306 e. The van der Waals surface area contributed by atoms with Gasteiger partial charge in [0, 0.05) is 6.42 Å². The van der Waals surface area contributed by atoms with Gasteiger partial charge in [0.1, 0.15) is 5.69 Å². The summed E-state index contributed by atoms with van der Waals surface area (Å²) in [6.45, 7) is 1.75. The van der Waals surface area contributed by atoms with Crippen LogP contribution in [0.4, 0.5) is 5.82 Å². The van der Waals surface area contributed by atoms with E-state index in [2.05, 4.69) is 20.3 Å². The number of amides is 1. The first-order chi connectivity index (χ1) is 8.25. The number of carbonyl (C=O) groups excluding carboxylic acids is 1. The van der Waals surface area contributed by atoms with Crippen molar-refractivity contribution >= 4 is 11.7 Å². The van der Waals surface area contributed by atoms with Crippen LogP contribution < -0.4 is 5.32 Å². The number of hydrogen-bond donors (Lipinski definition) is 1. The second-order valence-corrected chi connectivity index (χ2v) is 4.79. The van der Waals surface area contributed by atoms with E-state index in [0.29, 0.717) is 17.9 Å². The van der Waals surface area contributed by atoms with Crippen molar-refractivity contribution in [3.63, 3.8) is 0 Å². The lowest BCUT2D eigenvalue weighted by Crippen LogP contribution is -2.12. The molecule has 0 atom stereocenters. The van der Waals surface area contributed by atoms with E-state index >= 15 is 0 Å². The topological polar surface area (TPSA) is 68.0 Å². The van der Waals surface area contributed by atoms with Crippen LogP contribution in [0.15, 0.2) is 4.63 Å². The number of aromatic nitrogens is 2. The Bertz CT molecular complexity index is 370. The van der Waals surface area contributed by atoms with E-state index in [0.717, 1.165) is 12.3 Å². The van der Waals surface area contributed by atoms with E-state index in [4.69, 9.17) is 0 Å². The summed E-state index contributed by atoms with van der Waals surface area (Å²) in [6, 6.07) is 0. The number of nitrogens with zero attached hydrogens (tertiary/aromatic N) is 2. The van der Waals surface area contributed by atoms with Gasteiger partial charge in [-0.2, -0.15) is 0 Å². The molecule has 0 saturated heterocycles. The lowest BCUT2D eigenvalue weighted by atomic mass is 10.0. The first-order valence-corrected chi connectivity index (χ1v) is 6.34. The maximum atomic E-state index is 11.6. The van der Waals surface area contributed by atoms with Crippen LogP contribution in [0.1, 0.15) is 50.6 Å². The lowest BCUT2D eigenvalue weighted by molar-refractivity contribution is -0.116. The normalized spacial score (nSPS) is 16.3. The highest BCUT2D eigenvalue weighted by Gasteiger charge is 2.15. The number of carbonyl (C=O) groups is 1. The molecule has 0 radical (unpaired) electrons. The molecule has 5 nitrogen and oxygen atoms in total. The van der Waals surface area contributed by atoms with Crippen molar-refractivity contribution in [3.8, 4) is 0 Å². The Hall–Kier alpha value is -1.39. The first-order valence-electron chi connectivity index (χ1n) is 6.34. The molecule has 0 aliphatic heterocycles. The van der Waals surface area contributed by atoms with Crippen molar-refractivity contribution in [1.82, 2.24) is 10.3 Å². The molecule has 0 bridgehead atoms. The summed E-state index contributed by atoms with van der Waals surface area (Å²) in [5.74, 6) is 1.29. The molecule has 1 saturated carbocycles. The maximum Gasteiger partial charge on any atom is 0.225 e. The highest BCUT2D eigenvalue weighted by molar-refractivity contribution is 5.89. The minimum absolute atomic E-state index is 0.00166. The Morgan fingerprint density at radius 1 is 1.41 bits per heavy atom. The van der Waals surface area contributed by atoms with Crippen molar-refractivity contribution in [1.29, 1.82) is 0 Å². The van der Waals surface area contributed by atoms with Crippen LogP contribution in [-0.2, 0) is 4.79 Å². The van der Waals surface area contributed by atoms with Gasteiger partial charge in [-0.1, -0.05) is 30.8 Å². The SMILES string of the molecule is Cc1nonc1NC(=O)CCCC1CCCC1. The minimum atomic E-state index is 0.00166. The molecule has 1 amide bonds. The van der Waals surface area contributed by atoms with Crippen molar-refractivity contribution in [2.45, 2.75) is 51.9 Å². The zero-order valence-electron chi connectivity index (χ0n) is 10.2. The van der Waals surface area contributed by atoms with Gasteiger partial charge < -0.3 is 5.32 Å². The zero-order chi connectivity index (χ0) is 12.1. The van der Waals surface area contributed by atoms with Crippen molar-refractivity contribution in [2.75, 3.05) is 5.32 Å². The zero-order valence-corrected chi connectivity index (χ0v) is 10.2. The summed E-state index contributed by atoms with van der Waals surface area (Å²) in [7, 11) is 0. The van der Waals surface area contributed by atoms with Gasteiger partial charge in [-0.15, -0.1) is 0 Å². The van der Waals surface area contributed by atoms with Crippen LogP contribution in [0, 0.1) is 12.8 Å². The Labute approximate surface area is 101 Å². The quantitative estimate of drug-likeness (QED) is 0.854. The van der Waals surface area contributed by atoms with Gasteiger partial charge in [0.2, 0.25) is 5.91 Å². The average Bonchev–Trinajstić information content (AvgIpc) is 2.92. The van der Waals surface area contributed by atoms with Gasteiger partial charge in [0.15, 0.2) is 5.82 Å². The molecule has 2 rings (SSSR count). The average molecular weight is 237 g/mol. The molecule has 1 aromatic heterocycles. The second-order valence-electron chi connectivity index (χ2n) is 4.79. The molecule has 94 valence electrons. The summed E-state index contributed by atoms with van der Waals surface area (Å²) in [5, 5.41) is 9.94. The van der Waals surface area contributed by atoms with Crippen LogP contribution in [-0.4, -0.2) is 16.2 Å². The van der Waals surface area contributed by atoms with Crippen LogP contribution in [0.25, 0.3) is 0 Å². The van der Waals surface area contributed by atoms with Crippen molar-refractivity contribution in [2.24, 2.45) is 5.92 Å². The standard InChI is InChI=1S/C12H19N3O2/c1-9-12(15-17-14-9)13-11(16)8-4-7-10-5-2-3-6-10/h10H,2-8H2,1H3,(H,13,15,16). The summed E-state index contributed by atoms with van der Waals surface area (Å²) >= 11 is 0. The summed E-state index contributed by atoms with van der Waals surface area (Å²) < 4.78 is 4.52. The number of anilines is 1. The Morgan fingerprint density at radius 2 is 2.18 bits per heavy atom. The van der Waals surface area contributed by atoms with E-state index in [1.165, 1.54) is 32.1 Å². The third-order valence-corrected chi connectivity index (χ3v) is 3.40. The molecule has 1 aliphatic carbocycles. The van der Waals surface area contributed by atoms with Gasteiger partial charge in [-0.3, -0.25) is 4.79 Å². The van der Waals surface area contributed by atoms with E-state index in [1.54, 1.807) is 6.92 Å². The highest BCUT2D eigenvalue weighted by atomic mass is 16.6. The molecule has 17 heavy (non-hydrogen) atoms.